The SMILES string of the molecule is O=C(CCNc1cccc(C(F)(F)F)c1)NCc1ccc2c(c1)OCO2. The lowest BCUT2D eigenvalue weighted by atomic mass is 10.2. The van der Waals surface area contributed by atoms with E-state index in [1.165, 1.54) is 12.1 Å². The number of halogens is 3. The zero-order valence-corrected chi connectivity index (χ0v) is 13.7. The number of carbonyl (C=O) groups excluding carboxylic acids is 1. The highest BCUT2D eigenvalue weighted by molar-refractivity contribution is 5.76. The third-order valence-corrected chi connectivity index (χ3v) is 3.80. The molecule has 0 saturated carbocycles. The molecule has 1 aliphatic rings. The Labute approximate surface area is 148 Å². The van der Waals surface area contributed by atoms with Crippen molar-refractivity contribution in [1.29, 1.82) is 0 Å². The van der Waals surface area contributed by atoms with E-state index in [4.69, 9.17) is 9.47 Å². The number of benzene rings is 2. The molecular weight excluding hydrogens is 349 g/mol. The molecule has 0 spiro atoms. The van der Waals surface area contributed by atoms with E-state index in [1.54, 1.807) is 12.1 Å². The van der Waals surface area contributed by atoms with Crippen molar-refractivity contribution in [2.24, 2.45) is 0 Å². The lowest BCUT2D eigenvalue weighted by molar-refractivity contribution is -0.137. The fourth-order valence-corrected chi connectivity index (χ4v) is 2.47. The molecule has 2 N–H and O–H groups in total. The normalized spacial score (nSPS) is 12.7. The molecule has 1 heterocycles. The Kier molecular flexibility index (Phi) is 5.20. The number of ether oxygens (including phenoxy) is 2. The predicted molar refractivity (Wildman–Crippen MR) is 89.0 cm³/mol. The van der Waals surface area contributed by atoms with Crippen molar-refractivity contribution >= 4 is 11.6 Å². The fourth-order valence-electron chi connectivity index (χ4n) is 2.47. The van der Waals surface area contributed by atoms with Crippen molar-refractivity contribution in [3.8, 4) is 11.5 Å². The number of rotatable bonds is 6. The van der Waals surface area contributed by atoms with Gasteiger partial charge in [-0.1, -0.05) is 12.1 Å². The van der Waals surface area contributed by atoms with Crippen LogP contribution < -0.4 is 20.1 Å². The van der Waals surface area contributed by atoms with Gasteiger partial charge in [-0.15, -0.1) is 0 Å². The van der Waals surface area contributed by atoms with Gasteiger partial charge in [-0.3, -0.25) is 4.79 Å². The van der Waals surface area contributed by atoms with Crippen LogP contribution in [0.2, 0.25) is 0 Å². The fraction of sp³-hybridized carbons (Fsp3) is 0.278. The summed E-state index contributed by atoms with van der Waals surface area (Å²) in [6, 6.07) is 10.3. The Morgan fingerprint density at radius 1 is 1.08 bits per heavy atom. The Morgan fingerprint density at radius 3 is 2.69 bits per heavy atom. The largest absolute Gasteiger partial charge is 0.454 e. The summed E-state index contributed by atoms with van der Waals surface area (Å²) in [7, 11) is 0. The molecule has 0 fully saturated rings. The number of fused-ring (bicyclic) bond motifs is 1. The lowest BCUT2D eigenvalue weighted by Gasteiger charge is -2.11. The van der Waals surface area contributed by atoms with Crippen molar-refractivity contribution in [2.75, 3.05) is 18.7 Å². The van der Waals surface area contributed by atoms with Gasteiger partial charge in [0.05, 0.1) is 5.56 Å². The molecule has 2 aromatic rings. The molecule has 3 rings (SSSR count). The van der Waals surface area contributed by atoms with Gasteiger partial charge in [0.25, 0.3) is 0 Å². The summed E-state index contributed by atoms with van der Waals surface area (Å²) in [5, 5.41) is 5.58. The van der Waals surface area contributed by atoms with Crippen LogP contribution in [0.15, 0.2) is 42.5 Å². The summed E-state index contributed by atoms with van der Waals surface area (Å²) in [5.74, 6) is 1.11. The van der Waals surface area contributed by atoms with Gasteiger partial charge in [0.1, 0.15) is 0 Å². The van der Waals surface area contributed by atoms with Gasteiger partial charge in [0.15, 0.2) is 11.5 Å². The molecule has 26 heavy (non-hydrogen) atoms. The third kappa shape index (κ3) is 4.59. The highest BCUT2D eigenvalue weighted by Crippen LogP contribution is 2.32. The maximum atomic E-state index is 12.7. The molecule has 8 heteroatoms. The number of carbonyl (C=O) groups is 1. The van der Waals surface area contributed by atoms with Crippen molar-refractivity contribution < 1.29 is 27.4 Å². The van der Waals surface area contributed by atoms with E-state index < -0.39 is 11.7 Å². The number of hydrogen-bond acceptors (Lipinski definition) is 4. The highest BCUT2D eigenvalue weighted by atomic mass is 19.4. The Hall–Kier alpha value is -2.90. The van der Waals surface area contributed by atoms with Gasteiger partial charge in [-0.25, -0.2) is 0 Å². The van der Waals surface area contributed by atoms with Crippen LogP contribution in [0.1, 0.15) is 17.5 Å². The quantitative estimate of drug-likeness (QED) is 0.821. The van der Waals surface area contributed by atoms with Crippen LogP contribution in [-0.2, 0) is 17.5 Å². The van der Waals surface area contributed by atoms with Crippen molar-refractivity contribution in [3.63, 3.8) is 0 Å². The number of amides is 1. The molecule has 2 aromatic carbocycles. The second-order valence-corrected chi connectivity index (χ2v) is 5.72. The van der Waals surface area contributed by atoms with E-state index in [-0.39, 0.29) is 25.7 Å². The van der Waals surface area contributed by atoms with Crippen molar-refractivity contribution in [3.05, 3.63) is 53.6 Å². The van der Waals surface area contributed by atoms with Crippen LogP contribution in [0.25, 0.3) is 0 Å². The molecule has 5 nitrogen and oxygen atoms in total. The molecule has 0 unspecified atom stereocenters. The molecule has 0 atom stereocenters. The predicted octanol–water partition coefficient (Wildman–Crippen LogP) is 3.55. The topological polar surface area (TPSA) is 59.6 Å². The number of hydrogen-bond donors (Lipinski definition) is 2. The first-order valence-electron chi connectivity index (χ1n) is 7.98. The van der Waals surface area contributed by atoms with E-state index in [2.05, 4.69) is 10.6 Å². The molecular formula is C18H17F3N2O3. The minimum atomic E-state index is -4.39. The third-order valence-electron chi connectivity index (χ3n) is 3.80. The smallest absolute Gasteiger partial charge is 0.416 e. The van der Waals surface area contributed by atoms with Gasteiger partial charge in [0, 0.05) is 25.2 Å². The van der Waals surface area contributed by atoms with Crippen LogP contribution in [-0.4, -0.2) is 19.2 Å². The Balaban J connectivity index is 1.43. The average Bonchev–Trinajstić information content (AvgIpc) is 3.07. The van der Waals surface area contributed by atoms with Gasteiger partial charge in [-0.2, -0.15) is 13.2 Å². The summed E-state index contributed by atoms with van der Waals surface area (Å²) in [6.07, 6.45) is -4.25. The molecule has 0 radical (unpaired) electrons. The summed E-state index contributed by atoms with van der Waals surface area (Å²) < 4.78 is 48.4. The lowest BCUT2D eigenvalue weighted by Crippen LogP contribution is -2.24. The van der Waals surface area contributed by atoms with Gasteiger partial charge in [-0.05, 0) is 35.9 Å². The van der Waals surface area contributed by atoms with E-state index >= 15 is 0 Å². The molecule has 1 aliphatic heterocycles. The van der Waals surface area contributed by atoms with Gasteiger partial charge >= 0.3 is 6.18 Å². The van der Waals surface area contributed by atoms with E-state index in [1.807, 2.05) is 6.07 Å². The highest BCUT2D eigenvalue weighted by Gasteiger charge is 2.30. The molecule has 138 valence electrons. The zero-order chi connectivity index (χ0) is 18.6. The summed E-state index contributed by atoms with van der Waals surface area (Å²) in [5.41, 5.74) is 0.464. The van der Waals surface area contributed by atoms with E-state index in [9.17, 15) is 18.0 Å². The van der Waals surface area contributed by atoms with Crippen LogP contribution in [0.4, 0.5) is 18.9 Å². The number of alkyl halides is 3. The van der Waals surface area contributed by atoms with E-state index in [0.717, 1.165) is 17.7 Å². The number of anilines is 1. The summed E-state index contributed by atoms with van der Waals surface area (Å²) in [6.45, 7) is 0.750. The molecule has 1 amide bonds. The van der Waals surface area contributed by atoms with Gasteiger partial charge in [0.2, 0.25) is 12.7 Å². The minimum absolute atomic E-state index is 0.140. The van der Waals surface area contributed by atoms with Crippen molar-refractivity contribution in [2.45, 2.75) is 19.1 Å². The first-order valence-corrected chi connectivity index (χ1v) is 7.98. The average molecular weight is 366 g/mol. The van der Waals surface area contributed by atoms with Crippen LogP contribution in [0.5, 0.6) is 11.5 Å². The Morgan fingerprint density at radius 2 is 1.88 bits per heavy atom. The summed E-state index contributed by atoms with van der Waals surface area (Å²) >= 11 is 0. The molecule has 0 aliphatic carbocycles. The van der Waals surface area contributed by atoms with Crippen LogP contribution >= 0.6 is 0 Å². The first kappa shape index (κ1) is 17.9. The molecule has 0 bridgehead atoms. The minimum Gasteiger partial charge on any atom is -0.454 e. The first-order chi connectivity index (χ1) is 12.4. The maximum Gasteiger partial charge on any atom is 0.416 e. The second-order valence-electron chi connectivity index (χ2n) is 5.72. The maximum absolute atomic E-state index is 12.7. The van der Waals surface area contributed by atoms with Crippen LogP contribution in [0.3, 0.4) is 0 Å². The summed E-state index contributed by atoms with van der Waals surface area (Å²) in [4.78, 5) is 11.9. The van der Waals surface area contributed by atoms with Crippen molar-refractivity contribution in [1.82, 2.24) is 5.32 Å². The van der Waals surface area contributed by atoms with Crippen LogP contribution in [0, 0.1) is 0 Å². The number of nitrogens with one attached hydrogen (secondary N) is 2. The zero-order valence-electron chi connectivity index (χ0n) is 13.7. The standard InChI is InChI=1S/C18H17F3N2O3/c19-18(20,21)13-2-1-3-14(9-13)22-7-6-17(24)23-10-12-4-5-15-16(8-12)26-11-25-15/h1-5,8-9,22H,6-7,10-11H2,(H,23,24). The molecule has 0 saturated heterocycles. The Bertz CT molecular complexity index is 793. The monoisotopic (exact) mass is 366 g/mol. The van der Waals surface area contributed by atoms with E-state index in [0.29, 0.717) is 23.7 Å². The second kappa shape index (κ2) is 7.55. The molecule has 0 aromatic heterocycles. The van der Waals surface area contributed by atoms with Gasteiger partial charge < -0.3 is 20.1 Å².